The van der Waals surface area contributed by atoms with Crippen molar-refractivity contribution in [3.63, 3.8) is 0 Å². The Morgan fingerprint density at radius 3 is 2.47 bits per heavy atom. The molecule has 0 aromatic rings. The van der Waals surface area contributed by atoms with Crippen LogP contribution in [0.25, 0.3) is 0 Å². The molecule has 0 spiro atoms. The van der Waals surface area contributed by atoms with E-state index in [1.807, 2.05) is 0 Å². The first-order valence-electron chi connectivity index (χ1n) is 5.74. The van der Waals surface area contributed by atoms with Crippen molar-refractivity contribution in [1.29, 1.82) is 0 Å². The normalized spacial score (nSPS) is 25.9. The molecule has 0 aromatic carbocycles. The molecule has 0 aromatic heterocycles. The van der Waals surface area contributed by atoms with Gasteiger partial charge in [0.1, 0.15) is 0 Å². The fourth-order valence-electron chi connectivity index (χ4n) is 2.14. The second-order valence-electron chi connectivity index (χ2n) is 4.58. The Hall–Kier alpha value is -0.610. The van der Waals surface area contributed by atoms with Crippen LogP contribution >= 0.6 is 0 Å². The number of nitrogens with zero attached hydrogens (tertiary/aromatic N) is 2. The number of hydrogen-bond donors (Lipinski definition) is 1. The van der Waals surface area contributed by atoms with Crippen molar-refractivity contribution in [1.82, 2.24) is 9.80 Å². The van der Waals surface area contributed by atoms with Gasteiger partial charge in [-0.25, -0.2) is 0 Å². The van der Waals surface area contributed by atoms with E-state index in [2.05, 4.69) is 11.8 Å². The van der Waals surface area contributed by atoms with Crippen molar-refractivity contribution in [2.24, 2.45) is 5.73 Å². The maximum Gasteiger partial charge on any atom is 0.236 e. The van der Waals surface area contributed by atoms with Gasteiger partial charge in [0.05, 0.1) is 6.54 Å². The first kappa shape index (κ1) is 12.5. The molecule has 4 heteroatoms. The highest BCUT2D eigenvalue weighted by molar-refractivity contribution is 5.77. The van der Waals surface area contributed by atoms with E-state index in [0.717, 1.165) is 25.8 Å². The topological polar surface area (TPSA) is 49.6 Å². The van der Waals surface area contributed by atoms with Crippen molar-refractivity contribution in [3.8, 4) is 0 Å². The predicted octanol–water partition coefficient (Wildman–Crippen LogP) is 0.276. The number of rotatable bonds is 4. The third kappa shape index (κ3) is 3.47. The van der Waals surface area contributed by atoms with Gasteiger partial charge >= 0.3 is 0 Å². The van der Waals surface area contributed by atoms with E-state index >= 15 is 0 Å². The highest BCUT2D eigenvalue weighted by atomic mass is 16.2. The van der Waals surface area contributed by atoms with Crippen molar-refractivity contribution in [3.05, 3.63) is 0 Å². The maximum atomic E-state index is 11.6. The summed E-state index contributed by atoms with van der Waals surface area (Å²) in [5, 5.41) is 0. The number of carbonyl (C=O) groups is 1. The Labute approximate surface area is 92.4 Å². The summed E-state index contributed by atoms with van der Waals surface area (Å²) < 4.78 is 0. The Bertz CT molecular complexity index is 218. The zero-order valence-electron chi connectivity index (χ0n) is 10.1. The Morgan fingerprint density at radius 2 is 2.07 bits per heavy atom. The lowest BCUT2D eigenvalue weighted by Crippen LogP contribution is -2.42. The van der Waals surface area contributed by atoms with Crippen LogP contribution < -0.4 is 5.73 Å². The summed E-state index contributed by atoms with van der Waals surface area (Å²) >= 11 is 0. The maximum absolute atomic E-state index is 11.6. The zero-order valence-corrected chi connectivity index (χ0v) is 10.1. The van der Waals surface area contributed by atoms with E-state index < -0.39 is 0 Å². The van der Waals surface area contributed by atoms with Gasteiger partial charge in [-0.05, 0) is 25.8 Å². The van der Waals surface area contributed by atoms with Gasteiger partial charge in [-0.15, -0.1) is 0 Å². The summed E-state index contributed by atoms with van der Waals surface area (Å²) in [5.41, 5.74) is 5.89. The fraction of sp³-hybridized carbons (Fsp3) is 0.909. The van der Waals surface area contributed by atoms with Gasteiger partial charge in [0.25, 0.3) is 0 Å². The van der Waals surface area contributed by atoms with Crippen LogP contribution in [0.1, 0.15) is 26.2 Å². The summed E-state index contributed by atoms with van der Waals surface area (Å²) in [5.74, 6) is 0.178. The highest BCUT2D eigenvalue weighted by Gasteiger charge is 2.27. The molecule has 1 aliphatic rings. The van der Waals surface area contributed by atoms with E-state index in [0.29, 0.717) is 18.6 Å². The molecule has 4 nitrogen and oxygen atoms in total. The molecule has 0 heterocycles. The first-order chi connectivity index (χ1) is 7.04. The van der Waals surface area contributed by atoms with E-state index in [1.165, 1.54) is 0 Å². The van der Waals surface area contributed by atoms with Gasteiger partial charge in [0.2, 0.25) is 5.91 Å². The minimum Gasteiger partial charge on any atom is -0.348 e. The molecule has 1 aliphatic carbocycles. The van der Waals surface area contributed by atoms with Gasteiger partial charge < -0.3 is 10.6 Å². The SMILES string of the molecule is CCN(CC(=O)N(C)C)C1CCC(N)C1. The molecule has 2 unspecified atom stereocenters. The molecule has 1 fully saturated rings. The molecule has 0 aliphatic heterocycles. The average molecular weight is 213 g/mol. The predicted molar refractivity (Wildman–Crippen MR) is 61.6 cm³/mol. The number of likely N-dealkylation sites (N-methyl/N-ethyl adjacent to an activating group) is 2. The van der Waals surface area contributed by atoms with Crippen LogP contribution in [0.15, 0.2) is 0 Å². The van der Waals surface area contributed by atoms with Crippen molar-refractivity contribution < 1.29 is 4.79 Å². The van der Waals surface area contributed by atoms with Crippen LogP contribution in [-0.4, -0.2) is 55.0 Å². The molecule has 1 saturated carbocycles. The molecule has 0 saturated heterocycles. The molecule has 0 radical (unpaired) electrons. The van der Waals surface area contributed by atoms with Gasteiger partial charge in [-0.1, -0.05) is 6.92 Å². The highest BCUT2D eigenvalue weighted by Crippen LogP contribution is 2.22. The molecular weight excluding hydrogens is 190 g/mol. The largest absolute Gasteiger partial charge is 0.348 e. The third-order valence-corrected chi connectivity index (χ3v) is 3.21. The van der Waals surface area contributed by atoms with Crippen LogP contribution in [0.2, 0.25) is 0 Å². The molecule has 88 valence electrons. The standard InChI is InChI=1S/C11H23N3O/c1-4-14(8-11(15)13(2)3)10-6-5-9(12)7-10/h9-10H,4-8,12H2,1-3H3. The number of hydrogen-bond acceptors (Lipinski definition) is 3. The van der Waals surface area contributed by atoms with Crippen LogP contribution in [0.5, 0.6) is 0 Å². The van der Waals surface area contributed by atoms with Crippen molar-refractivity contribution in [2.75, 3.05) is 27.2 Å². The second-order valence-corrected chi connectivity index (χ2v) is 4.58. The summed E-state index contributed by atoms with van der Waals surface area (Å²) in [6.45, 7) is 3.56. The number of nitrogens with two attached hydrogens (primary N) is 1. The lowest BCUT2D eigenvalue weighted by atomic mass is 10.2. The monoisotopic (exact) mass is 213 g/mol. The minimum atomic E-state index is 0.178. The van der Waals surface area contributed by atoms with Gasteiger partial charge in [0, 0.05) is 26.2 Å². The summed E-state index contributed by atoms with van der Waals surface area (Å²) in [4.78, 5) is 15.5. The molecule has 2 N–H and O–H groups in total. The Kier molecular flexibility index (Phi) is 4.54. The third-order valence-electron chi connectivity index (χ3n) is 3.21. The summed E-state index contributed by atoms with van der Waals surface area (Å²) in [6, 6.07) is 0.840. The Morgan fingerprint density at radius 1 is 1.40 bits per heavy atom. The van der Waals surface area contributed by atoms with Gasteiger partial charge in [0.15, 0.2) is 0 Å². The molecule has 0 bridgehead atoms. The molecule has 2 atom stereocenters. The van der Waals surface area contributed by atoms with Crippen LogP contribution in [0, 0.1) is 0 Å². The lowest BCUT2D eigenvalue weighted by molar-refractivity contribution is -0.130. The van der Waals surface area contributed by atoms with Crippen molar-refractivity contribution >= 4 is 5.91 Å². The van der Waals surface area contributed by atoms with Crippen LogP contribution in [0.3, 0.4) is 0 Å². The second kappa shape index (κ2) is 5.47. The zero-order chi connectivity index (χ0) is 11.4. The van der Waals surface area contributed by atoms with E-state index in [-0.39, 0.29) is 5.91 Å². The minimum absolute atomic E-state index is 0.178. The number of amides is 1. The molecule has 1 rings (SSSR count). The Balaban J connectivity index is 2.45. The van der Waals surface area contributed by atoms with E-state index in [1.54, 1.807) is 19.0 Å². The lowest BCUT2D eigenvalue weighted by Gasteiger charge is -2.28. The fourth-order valence-corrected chi connectivity index (χ4v) is 2.14. The molecular formula is C11H23N3O. The number of carbonyl (C=O) groups excluding carboxylic acids is 1. The molecule has 15 heavy (non-hydrogen) atoms. The summed E-state index contributed by atoms with van der Waals surface area (Å²) in [6.07, 6.45) is 3.27. The van der Waals surface area contributed by atoms with E-state index in [9.17, 15) is 4.79 Å². The van der Waals surface area contributed by atoms with Crippen LogP contribution in [0.4, 0.5) is 0 Å². The quantitative estimate of drug-likeness (QED) is 0.729. The van der Waals surface area contributed by atoms with Crippen LogP contribution in [-0.2, 0) is 4.79 Å². The smallest absolute Gasteiger partial charge is 0.236 e. The molecule has 1 amide bonds. The van der Waals surface area contributed by atoms with E-state index in [4.69, 9.17) is 5.73 Å². The first-order valence-corrected chi connectivity index (χ1v) is 5.74. The van der Waals surface area contributed by atoms with Crippen molar-refractivity contribution in [2.45, 2.75) is 38.3 Å². The van der Waals surface area contributed by atoms with Gasteiger partial charge in [-0.2, -0.15) is 0 Å². The summed E-state index contributed by atoms with van der Waals surface area (Å²) in [7, 11) is 3.60. The average Bonchev–Trinajstić information content (AvgIpc) is 2.60. The van der Waals surface area contributed by atoms with Gasteiger partial charge in [-0.3, -0.25) is 9.69 Å².